The Kier molecular flexibility index (Phi) is 5.13. The summed E-state index contributed by atoms with van der Waals surface area (Å²) in [5, 5.41) is 0.337. The summed E-state index contributed by atoms with van der Waals surface area (Å²) < 4.78 is 5.78. The molecule has 0 radical (unpaired) electrons. The summed E-state index contributed by atoms with van der Waals surface area (Å²) in [6.07, 6.45) is 2.15. The Hall–Kier alpha value is -1.49. The molecule has 144 valence electrons. The van der Waals surface area contributed by atoms with Gasteiger partial charge in [0.1, 0.15) is 17.1 Å². The average Bonchev–Trinajstić information content (AvgIpc) is 2.55. The van der Waals surface area contributed by atoms with E-state index < -0.39 is 17.1 Å². The highest BCUT2D eigenvalue weighted by Crippen LogP contribution is 2.40. The van der Waals surface area contributed by atoms with Crippen molar-refractivity contribution in [2.75, 3.05) is 0 Å². The van der Waals surface area contributed by atoms with Crippen molar-refractivity contribution in [2.24, 2.45) is 4.99 Å². The Morgan fingerprint density at radius 3 is 2.26 bits per heavy atom. The lowest BCUT2D eigenvalue weighted by molar-refractivity contribution is -0.184. The summed E-state index contributed by atoms with van der Waals surface area (Å²) >= 11 is 12.4. The van der Waals surface area contributed by atoms with Crippen LogP contribution in [0.3, 0.4) is 0 Å². The lowest BCUT2D eigenvalue weighted by atomic mass is 9.74. The van der Waals surface area contributed by atoms with Gasteiger partial charge in [-0.15, -0.1) is 11.6 Å². The van der Waals surface area contributed by atoms with Crippen molar-refractivity contribution in [2.45, 2.75) is 63.5 Å². The van der Waals surface area contributed by atoms with Crippen molar-refractivity contribution in [3.05, 3.63) is 39.9 Å². The Morgan fingerprint density at radius 1 is 1.11 bits per heavy atom. The SMILES string of the molecule is Cc1ccc(C2=C(Cl)CC(Cl)C=N2)cc1C1C(=O)C(C)(C)OC(C)(C)C1=O. The van der Waals surface area contributed by atoms with Gasteiger partial charge >= 0.3 is 0 Å². The van der Waals surface area contributed by atoms with Crippen LogP contribution >= 0.6 is 23.2 Å². The lowest BCUT2D eigenvalue weighted by Gasteiger charge is -2.43. The van der Waals surface area contributed by atoms with Crippen molar-refractivity contribution < 1.29 is 14.3 Å². The first kappa shape index (κ1) is 20.2. The third-order valence-electron chi connectivity index (χ3n) is 5.08. The summed E-state index contributed by atoms with van der Waals surface area (Å²) in [5.74, 6) is -1.35. The van der Waals surface area contributed by atoms with Crippen LogP contribution < -0.4 is 0 Å². The number of ether oxygens (including phenoxy) is 1. The molecule has 1 aromatic carbocycles. The molecule has 2 aliphatic rings. The molecule has 2 aliphatic heterocycles. The molecule has 0 N–H and O–H groups in total. The highest BCUT2D eigenvalue weighted by Gasteiger charge is 2.53. The summed E-state index contributed by atoms with van der Waals surface area (Å²) in [4.78, 5) is 30.5. The highest BCUT2D eigenvalue weighted by molar-refractivity contribution is 6.36. The number of alkyl halides is 1. The van der Waals surface area contributed by atoms with Gasteiger partial charge < -0.3 is 4.74 Å². The number of Topliss-reactive ketones (excluding diaryl/α,β-unsaturated/α-hetero) is 2. The fourth-order valence-corrected chi connectivity index (χ4v) is 4.32. The topological polar surface area (TPSA) is 55.7 Å². The molecular formula is C21H23Cl2NO3. The maximum atomic E-state index is 13.1. The minimum absolute atomic E-state index is 0.230. The van der Waals surface area contributed by atoms with Gasteiger partial charge in [-0.2, -0.15) is 0 Å². The van der Waals surface area contributed by atoms with E-state index in [1.54, 1.807) is 33.9 Å². The maximum Gasteiger partial charge on any atom is 0.179 e. The predicted octanol–water partition coefficient (Wildman–Crippen LogP) is 4.79. The molecule has 1 aromatic rings. The average molecular weight is 408 g/mol. The molecule has 6 heteroatoms. The zero-order valence-corrected chi connectivity index (χ0v) is 17.6. The first-order chi connectivity index (χ1) is 12.4. The molecular weight excluding hydrogens is 385 g/mol. The number of halogens is 2. The van der Waals surface area contributed by atoms with Crippen molar-refractivity contribution >= 4 is 46.7 Å². The van der Waals surface area contributed by atoms with Crippen LogP contribution in [-0.4, -0.2) is 34.4 Å². The molecule has 0 amide bonds. The van der Waals surface area contributed by atoms with Crippen molar-refractivity contribution in [3.8, 4) is 0 Å². The molecule has 0 aliphatic carbocycles. The Morgan fingerprint density at radius 2 is 1.70 bits per heavy atom. The number of benzene rings is 1. The van der Waals surface area contributed by atoms with E-state index in [9.17, 15) is 9.59 Å². The number of hydrogen-bond donors (Lipinski definition) is 0. The van der Waals surface area contributed by atoms with Crippen LogP contribution in [-0.2, 0) is 14.3 Å². The molecule has 0 aromatic heterocycles. The summed E-state index contributed by atoms with van der Waals surface area (Å²) in [6.45, 7) is 8.73. The fraction of sp³-hybridized carbons (Fsp3) is 0.476. The first-order valence-corrected chi connectivity index (χ1v) is 9.72. The smallest absolute Gasteiger partial charge is 0.179 e. The molecule has 0 bridgehead atoms. The minimum atomic E-state index is -1.05. The second-order valence-corrected chi connectivity index (χ2v) is 9.12. The molecule has 1 atom stereocenters. The maximum absolute atomic E-state index is 13.1. The monoisotopic (exact) mass is 407 g/mol. The third-order valence-corrected chi connectivity index (χ3v) is 5.68. The normalized spacial score (nSPS) is 25.2. The summed E-state index contributed by atoms with van der Waals surface area (Å²) in [5.41, 5.74) is 0.841. The number of rotatable bonds is 2. The highest BCUT2D eigenvalue weighted by atomic mass is 35.5. The zero-order chi connectivity index (χ0) is 20.1. The summed E-state index contributed by atoms with van der Waals surface area (Å²) in [7, 11) is 0. The van der Waals surface area contributed by atoms with Gasteiger partial charge in [-0.25, -0.2) is 0 Å². The zero-order valence-electron chi connectivity index (χ0n) is 16.1. The third kappa shape index (κ3) is 3.63. The largest absolute Gasteiger partial charge is 0.354 e. The van der Waals surface area contributed by atoms with Crippen LogP contribution in [0.15, 0.2) is 28.2 Å². The van der Waals surface area contributed by atoms with Crippen LogP contribution in [0.25, 0.3) is 5.70 Å². The van der Waals surface area contributed by atoms with Gasteiger partial charge in [0.25, 0.3) is 0 Å². The summed E-state index contributed by atoms with van der Waals surface area (Å²) in [6, 6.07) is 5.63. The number of aliphatic imine (C=N–C) groups is 1. The van der Waals surface area contributed by atoms with E-state index in [0.29, 0.717) is 22.7 Å². The van der Waals surface area contributed by atoms with E-state index in [1.807, 2.05) is 25.1 Å². The number of nitrogens with zero attached hydrogens (tertiary/aromatic N) is 1. The molecule has 1 fully saturated rings. The van der Waals surface area contributed by atoms with Gasteiger partial charge in [-0.05, 0) is 51.8 Å². The van der Waals surface area contributed by atoms with Crippen molar-refractivity contribution in [1.29, 1.82) is 0 Å². The van der Waals surface area contributed by atoms with Crippen LogP contribution in [0.5, 0.6) is 0 Å². The number of aryl methyl sites for hydroxylation is 1. The molecule has 4 nitrogen and oxygen atoms in total. The second kappa shape index (κ2) is 6.84. The number of carbonyl (C=O) groups is 2. The predicted molar refractivity (Wildman–Crippen MR) is 109 cm³/mol. The Labute approximate surface area is 169 Å². The van der Waals surface area contributed by atoms with Crippen LogP contribution in [0.4, 0.5) is 0 Å². The van der Waals surface area contributed by atoms with E-state index in [0.717, 1.165) is 11.1 Å². The van der Waals surface area contributed by atoms with Gasteiger partial charge in [-0.1, -0.05) is 23.7 Å². The van der Waals surface area contributed by atoms with Gasteiger partial charge in [0.05, 0.1) is 11.1 Å². The molecule has 0 saturated carbocycles. The number of ketones is 2. The molecule has 1 unspecified atom stereocenters. The second-order valence-electron chi connectivity index (χ2n) is 8.11. The van der Waals surface area contributed by atoms with E-state index in [-0.39, 0.29) is 16.9 Å². The Balaban J connectivity index is 2.12. The first-order valence-electron chi connectivity index (χ1n) is 8.90. The molecule has 1 saturated heterocycles. The standard InChI is InChI=1S/C21H23Cl2NO3/c1-11-6-7-12(17-15(23)9-13(22)10-24-17)8-14(11)16-18(25)20(2,3)27-21(4,5)19(16)26/h6-8,10,13,16H,9H2,1-5H3. The van der Waals surface area contributed by atoms with Gasteiger partial charge in [0.2, 0.25) is 0 Å². The van der Waals surface area contributed by atoms with E-state index in [4.69, 9.17) is 27.9 Å². The van der Waals surface area contributed by atoms with E-state index in [1.165, 1.54) is 0 Å². The van der Waals surface area contributed by atoms with Crippen LogP contribution in [0, 0.1) is 6.92 Å². The van der Waals surface area contributed by atoms with Crippen molar-refractivity contribution in [1.82, 2.24) is 0 Å². The Bertz CT molecular complexity index is 857. The minimum Gasteiger partial charge on any atom is -0.354 e. The quantitative estimate of drug-likeness (QED) is 0.522. The van der Waals surface area contributed by atoms with Crippen LogP contribution in [0.1, 0.15) is 56.7 Å². The molecule has 3 rings (SSSR count). The number of allylic oxidation sites excluding steroid dienone is 1. The fourth-order valence-electron chi connectivity index (χ4n) is 3.71. The molecule has 27 heavy (non-hydrogen) atoms. The van der Waals surface area contributed by atoms with Crippen LogP contribution in [0.2, 0.25) is 0 Å². The van der Waals surface area contributed by atoms with E-state index >= 15 is 0 Å². The van der Waals surface area contributed by atoms with Gasteiger partial charge in [0.15, 0.2) is 11.6 Å². The molecule has 0 spiro atoms. The van der Waals surface area contributed by atoms with E-state index in [2.05, 4.69) is 4.99 Å². The number of carbonyl (C=O) groups excluding carboxylic acids is 2. The van der Waals surface area contributed by atoms with Gasteiger partial charge in [0, 0.05) is 23.2 Å². The molecule has 2 heterocycles. The lowest BCUT2D eigenvalue weighted by Crippen LogP contribution is -2.58. The number of hydrogen-bond acceptors (Lipinski definition) is 4. The van der Waals surface area contributed by atoms with Crippen molar-refractivity contribution in [3.63, 3.8) is 0 Å². The van der Waals surface area contributed by atoms with Gasteiger partial charge in [-0.3, -0.25) is 14.6 Å².